The lowest BCUT2D eigenvalue weighted by molar-refractivity contribution is 0.174. The smallest absolute Gasteiger partial charge is 0.231 e. The lowest BCUT2D eigenvalue weighted by atomic mass is 10.2. The largest absolute Gasteiger partial charge is 0.454 e. The van der Waals surface area contributed by atoms with Crippen LogP contribution in [0.4, 0.5) is 0 Å². The highest BCUT2D eigenvalue weighted by molar-refractivity contribution is 7.09. The summed E-state index contributed by atoms with van der Waals surface area (Å²) in [4.78, 5) is 5.50. The van der Waals surface area contributed by atoms with Gasteiger partial charge in [-0.1, -0.05) is 12.1 Å². The molecule has 1 aromatic carbocycles. The number of benzene rings is 1. The Morgan fingerprint density at radius 1 is 1.19 bits per heavy atom. The van der Waals surface area contributed by atoms with Crippen molar-refractivity contribution in [3.63, 3.8) is 0 Å². The van der Waals surface area contributed by atoms with Gasteiger partial charge in [0.25, 0.3) is 0 Å². The fourth-order valence-electron chi connectivity index (χ4n) is 2.04. The van der Waals surface area contributed by atoms with E-state index in [1.165, 1.54) is 4.88 Å². The number of nitrogens with one attached hydrogen (secondary N) is 2. The Morgan fingerprint density at radius 2 is 2.05 bits per heavy atom. The van der Waals surface area contributed by atoms with Crippen molar-refractivity contribution < 1.29 is 9.47 Å². The Bertz CT molecular complexity index is 626. The standard InChI is InChI=1S/C15H17N3O2S/c1-16-15(18-9-12-3-2-6-21-12)17-8-11-4-5-13-14(7-11)20-10-19-13/h2-7H,8-10H2,1H3,(H2,16,17,18). The average Bonchev–Trinajstić information content (AvgIpc) is 3.18. The first-order chi connectivity index (χ1) is 10.3. The normalized spacial score (nSPS) is 13.3. The van der Waals surface area contributed by atoms with E-state index in [1.54, 1.807) is 18.4 Å². The maximum absolute atomic E-state index is 5.37. The van der Waals surface area contributed by atoms with Crippen LogP contribution in [0.15, 0.2) is 40.7 Å². The second-order valence-corrected chi connectivity index (χ2v) is 5.58. The summed E-state index contributed by atoms with van der Waals surface area (Å²) in [6.07, 6.45) is 0. The minimum Gasteiger partial charge on any atom is -0.454 e. The lowest BCUT2D eigenvalue weighted by Crippen LogP contribution is -2.36. The maximum atomic E-state index is 5.37. The second-order valence-electron chi connectivity index (χ2n) is 4.55. The van der Waals surface area contributed by atoms with Gasteiger partial charge in [0, 0.05) is 18.5 Å². The van der Waals surface area contributed by atoms with Crippen LogP contribution in [0.3, 0.4) is 0 Å². The number of aliphatic imine (C=N–C) groups is 1. The van der Waals surface area contributed by atoms with E-state index in [0.29, 0.717) is 13.3 Å². The molecule has 1 aromatic heterocycles. The van der Waals surface area contributed by atoms with E-state index in [0.717, 1.165) is 29.6 Å². The van der Waals surface area contributed by atoms with E-state index >= 15 is 0 Å². The van der Waals surface area contributed by atoms with Gasteiger partial charge >= 0.3 is 0 Å². The van der Waals surface area contributed by atoms with Gasteiger partial charge in [0.2, 0.25) is 6.79 Å². The Balaban J connectivity index is 1.53. The third kappa shape index (κ3) is 3.46. The third-order valence-corrected chi connectivity index (χ3v) is 4.01. The molecule has 0 unspecified atom stereocenters. The summed E-state index contributed by atoms with van der Waals surface area (Å²) in [5.41, 5.74) is 1.12. The summed E-state index contributed by atoms with van der Waals surface area (Å²) in [6.45, 7) is 1.76. The van der Waals surface area contributed by atoms with E-state index < -0.39 is 0 Å². The fourth-order valence-corrected chi connectivity index (χ4v) is 2.69. The Morgan fingerprint density at radius 3 is 2.86 bits per heavy atom. The summed E-state index contributed by atoms with van der Waals surface area (Å²) in [5.74, 6) is 2.39. The number of thiophene rings is 1. The van der Waals surface area contributed by atoms with E-state index in [2.05, 4.69) is 27.1 Å². The van der Waals surface area contributed by atoms with Crippen LogP contribution in [0, 0.1) is 0 Å². The van der Waals surface area contributed by atoms with E-state index in [1.807, 2.05) is 24.3 Å². The molecule has 0 aliphatic carbocycles. The number of fused-ring (bicyclic) bond motifs is 1. The summed E-state index contributed by atoms with van der Waals surface area (Å²) in [7, 11) is 1.77. The first kappa shape index (κ1) is 13.8. The molecule has 0 saturated carbocycles. The Kier molecular flexibility index (Phi) is 4.25. The molecule has 1 aliphatic heterocycles. The molecule has 0 radical (unpaired) electrons. The van der Waals surface area contributed by atoms with E-state index in [-0.39, 0.29) is 0 Å². The highest BCUT2D eigenvalue weighted by Crippen LogP contribution is 2.32. The molecule has 0 fully saturated rings. The number of ether oxygens (including phenoxy) is 2. The van der Waals surface area contributed by atoms with Crippen molar-refractivity contribution in [3.05, 3.63) is 46.2 Å². The summed E-state index contributed by atoms with van der Waals surface area (Å²) >= 11 is 1.73. The van der Waals surface area contributed by atoms with Crippen LogP contribution in [0.25, 0.3) is 0 Å². The summed E-state index contributed by atoms with van der Waals surface area (Å²) in [6, 6.07) is 10.1. The number of hydrogen-bond acceptors (Lipinski definition) is 4. The van der Waals surface area contributed by atoms with Crippen molar-refractivity contribution >= 4 is 17.3 Å². The predicted octanol–water partition coefficient (Wildman–Crippen LogP) is 2.34. The molecule has 0 saturated heterocycles. The van der Waals surface area contributed by atoms with E-state index in [9.17, 15) is 0 Å². The highest BCUT2D eigenvalue weighted by atomic mass is 32.1. The summed E-state index contributed by atoms with van der Waals surface area (Å²) < 4.78 is 10.7. The van der Waals surface area contributed by atoms with E-state index in [4.69, 9.17) is 9.47 Å². The first-order valence-corrected chi connectivity index (χ1v) is 7.58. The second kappa shape index (κ2) is 6.49. The third-order valence-electron chi connectivity index (χ3n) is 3.13. The summed E-state index contributed by atoms with van der Waals surface area (Å²) in [5, 5.41) is 8.64. The Labute approximate surface area is 127 Å². The van der Waals surface area contributed by atoms with Crippen molar-refractivity contribution in [2.24, 2.45) is 4.99 Å². The number of nitrogens with zero attached hydrogens (tertiary/aromatic N) is 1. The number of rotatable bonds is 4. The van der Waals surface area contributed by atoms with Crippen LogP contribution in [-0.2, 0) is 13.1 Å². The molecule has 1 aliphatic rings. The zero-order chi connectivity index (χ0) is 14.5. The molecule has 6 heteroatoms. The molecule has 110 valence electrons. The molecule has 0 bridgehead atoms. The van der Waals surface area contributed by atoms with Gasteiger partial charge in [-0.05, 0) is 29.1 Å². The van der Waals surface area contributed by atoms with Crippen molar-refractivity contribution in [1.82, 2.24) is 10.6 Å². The molecule has 3 rings (SSSR count). The molecular formula is C15H17N3O2S. The van der Waals surface area contributed by atoms with Gasteiger partial charge < -0.3 is 20.1 Å². The van der Waals surface area contributed by atoms with Gasteiger partial charge in [0.05, 0.1) is 6.54 Å². The zero-order valence-corrected chi connectivity index (χ0v) is 12.6. The predicted molar refractivity (Wildman–Crippen MR) is 83.9 cm³/mol. The molecular weight excluding hydrogens is 286 g/mol. The maximum Gasteiger partial charge on any atom is 0.231 e. The molecule has 0 atom stereocenters. The topological polar surface area (TPSA) is 54.9 Å². The molecule has 0 amide bonds. The quantitative estimate of drug-likeness (QED) is 0.672. The highest BCUT2D eigenvalue weighted by Gasteiger charge is 2.13. The molecule has 2 N–H and O–H groups in total. The number of hydrogen-bond donors (Lipinski definition) is 2. The van der Waals surface area contributed by atoms with Crippen molar-refractivity contribution in [3.8, 4) is 11.5 Å². The van der Waals surface area contributed by atoms with Crippen LogP contribution in [0.2, 0.25) is 0 Å². The van der Waals surface area contributed by atoms with Crippen LogP contribution < -0.4 is 20.1 Å². The first-order valence-electron chi connectivity index (χ1n) is 6.70. The average molecular weight is 303 g/mol. The van der Waals surface area contributed by atoms with Crippen LogP contribution in [0.5, 0.6) is 11.5 Å². The molecule has 5 nitrogen and oxygen atoms in total. The van der Waals surface area contributed by atoms with Gasteiger partial charge in [-0.3, -0.25) is 4.99 Å². The van der Waals surface area contributed by atoms with Gasteiger partial charge in [-0.15, -0.1) is 11.3 Å². The van der Waals surface area contributed by atoms with Crippen molar-refractivity contribution in [1.29, 1.82) is 0 Å². The zero-order valence-electron chi connectivity index (χ0n) is 11.8. The van der Waals surface area contributed by atoms with Crippen molar-refractivity contribution in [2.45, 2.75) is 13.1 Å². The van der Waals surface area contributed by atoms with Gasteiger partial charge in [0.1, 0.15) is 0 Å². The van der Waals surface area contributed by atoms with Crippen molar-refractivity contribution in [2.75, 3.05) is 13.8 Å². The Hall–Kier alpha value is -2.21. The van der Waals surface area contributed by atoms with Gasteiger partial charge in [-0.25, -0.2) is 0 Å². The lowest BCUT2D eigenvalue weighted by Gasteiger charge is -2.11. The van der Waals surface area contributed by atoms with Crippen LogP contribution >= 0.6 is 11.3 Å². The van der Waals surface area contributed by atoms with Gasteiger partial charge in [-0.2, -0.15) is 0 Å². The molecule has 2 aromatic rings. The monoisotopic (exact) mass is 303 g/mol. The molecule has 21 heavy (non-hydrogen) atoms. The minimum absolute atomic E-state index is 0.302. The minimum atomic E-state index is 0.302. The van der Waals surface area contributed by atoms with Crippen LogP contribution in [0.1, 0.15) is 10.4 Å². The molecule has 0 spiro atoms. The van der Waals surface area contributed by atoms with Gasteiger partial charge in [0.15, 0.2) is 17.5 Å². The fraction of sp³-hybridized carbons (Fsp3) is 0.267. The van der Waals surface area contributed by atoms with Crippen LogP contribution in [-0.4, -0.2) is 19.8 Å². The SMILES string of the molecule is CN=C(NCc1ccc2c(c1)OCO2)NCc1cccs1. The number of guanidine groups is 1. The molecule has 2 heterocycles.